The van der Waals surface area contributed by atoms with Crippen LogP contribution in [0.5, 0.6) is 0 Å². The molecule has 2 aliphatic rings. The molecule has 4 nitrogen and oxygen atoms in total. The van der Waals surface area contributed by atoms with Crippen LogP contribution < -0.4 is 5.32 Å². The van der Waals surface area contributed by atoms with E-state index in [9.17, 15) is 4.39 Å². The molecule has 126 valence electrons. The molecule has 0 amide bonds. The van der Waals surface area contributed by atoms with Gasteiger partial charge in [0.2, 0.25) is 0 Å². The van der Waals surface area contributed by atoms with Crippen molar-refractivity contribution >= 4 is 0 Å². The van der Waals surface area contributed by atoms with Gasteiger partial charge in [-0.25, -0.2) is 14.4 Å². The van der Waals surface area contributed by atoms with E-state index in [1.807, 2.05) is 12.4 Å². The maximum Gasteiger partial charge on any atom is 0.115 e. The molecule has 2 aromatic rings. The lowest BCUT2D eigenvalue weighted by Gasteiger charge is -2.26. The van der Waals surface area contributed by atoms with Crippen molar-refractivity contribution < 1.29 is 4.39 Å². The highest BCUT2D eigenvalue weighted by molar-refractivity contribution is 5.34. The van der Waals surface area contributed by atoms with Gasteiger partial charge in [-0.2, -0.15) is 0 Å². The zero-order chi connectivity index (χ0) is 16.4. The van der Waals surface area contributed by atoms with Crippen LogP contribution in [-0.2, 0) is 13.0 Å². The largest absolute Gasteiger partial charge is 0.308 e. The number of hydrogen-bond donors (Lipinski definition) is 1. The van der Waals surface area contributed by atoms with E-state index in [-0.39, 0.29) is 6.04 Å². The predicted octanol–water partition coefficient (Wildman–Crippen LogP) is 2.67. The van der Waals surface area contributed by atoms with Crippen molar-refractivity contribution in [2.45, 2.75) is 44.1 Å². The Hall–Kier alpha value is -1.85. The molecule has 1 saturated heterocycles. The first-order valence-corrected chi connectivity index (χ1v) is 8.73. The van der Waals surface area contributed by atoms with Crippen LogP contribution in [0, 0.1) is 0 Å². The summed E-state index contributed by atoms with van der Waals surface area (Å²) >= 11 is 0. The van der Waals surface area contributed by atoms with Crippen molar-refractivity contribution in [1.82, 2.24) is 20.2 Å². The molecule has 0 radical (unpaired) electrons. The first-order chi connectivity index (χ1) is 11.8. The van der Waals surface area contributed by atoms with E-state index in [0.29, 0.717) is 19.0 Å². The third-order valence-electron chi connectivity index (χ3n) is 5.21. The van der Waals surface area contributed by atoms with Crippen LogP contribution in [0.3, 0.4) is 0 Å². The van der Waals surface area contributed by atoms with Gasteiger partial charge in [-0.15, -0.1) is 0 Å². The fourth-order valence-electron chi connectivity index (χ4n) is 4.02. The van der Waals surface area contributed by atoms with Crippen molar-refractivity contribution in [2.75, 3.05) is 13.1 Å². The molecule has 1 N–H and O–H groups in total. The van der Waals surface area contributed by atoms with Crippen LogP contribution in [0.15, 0.2) is 43.0 Å². The summed E-state index contributed by atoms with van der Waals surface area (Å²) in [6, 6.07) is 9.27. The number of hydrogen-bond acceptors (Lipinski definition) is 4. The Labute approximate surface area is 142 Å². The van der Waals surface area contributed by atoms with Gasteiger partial charge in [0.25, 0.3) is 0 Å². The quantitative estimate of drug-likeness (QED) is 0.917. The summed E-state index contributed by atoms with van der Waals surface area (Å²) in [5.74, 6) is 0. The lowest BCUT2D eigenvalue weighted by Crippen LogP contribution is -2.38. The number of alkyl halides is 1. The third-order valence-corrected chi connectivity index (χ3v) is 5.21. The van der Waals surface area contributed by atoms with Crippen LogP contribution >= 0.6 is 0 Å². The molecular formula is C19H23FN4. The molecule has 1 fully saturated rings. The Balaban J connectivity index is 1.38. The molecule has 1 unspecified atom stereocenters. The number of halogens is 1. The van der Waals surface area contributed by atoms with Gasteiger partial charge in [0.15, 0.2) is 0 Å². The average molecular weight is 326 g/mol. The van der Waals surface area contributed by atoms with Crippen molar-refractivity contribution in [2.24, 2.45) is 0 Å². The normalized spacial score (nSPS) is 26.6. The molecule has 24 heavy (non-hydrogen) atoms. The van der Waals surface area contributed by atoms with Gasteiger partial charge in [-0.1, -0.05) is 24.3 Å². The minimum atomic E-state index is -0.739. The summed E-state index contributed by atoms with van der Waals surface area (Å²) < 4.78 is 14.0. The smallest absolute Gasteiger partial charge is 0.115 e. The standard InChI is InChI=1S/C19H23FN4/c20-16-7-17(24(12-16)11-14-8-21-13-22-9-14)10-23-19-6-5-15-3-1-2-4-18(15)19/h1-4,8-9,13,16-17,19,23H,5-7,10-12H2/t16-,17-,19?/m0/s1. The molecule has 5 heteroatoms. The fourth-order valence-corrected chi connectivity index (χ4v) is 4.02. The molecule has 3 atom stereocenters. The SMILES string of the molecule is F[C@H]1C[C@@H](CNC2CCc3ccccc32)N(Cc2cncnc2)C1. The number of fused-ring (bicyclic) bond motifs is 1. The van der Waals surface area contributed by atoms with Crippen molar-refractivity contribution in [3.63, 3.8) is 0 Å². The Kier molecular flexibility index (Phi) is 4.54. The third kappa shape index (κ3) is 3.32. The molecule has 4 rings (SSSR count). The summed E-state index contributed by atoms with van der Waals surface area (Å²) in [5, 5.41) is 3.68. The molecule has 1 aromatic heterocycles. The number of benzene rings is 1. The number of nitrogens with one attached hydrogen (secondary N) is 1. The van der Waals surface area contributed by atoms with E-state index in [1.165, 1.54) is 17.5 Å². The van der Waals surface area contributed by atoms with Gasteiger partial charge >= 0.3 is 0 Å². The monoisotopic (exact) mass is 326 g/mol. The molecule has 0 spiro atoms. The van der Waals surface area contributed by atoms with Crippen LogP contribution in [0.4, 0.5) is 4.39 Å². The molecule has 0 bridgehead atoms. The summed E-state index contributed by atoms with van der Waals surface area (Å²) in [6.07, 6.45) is 7.30. The van der Waals surface area contributed by atoms with Crippen LogP contribution in [0.25, 0.3) is 0 Å². The molecule has 0 saturated carbocycles. The van der Waals surface area contributed by atoms with Crippen LogP contribution in [-0.4, -0.2) is 40.2 Å². The second-order valence-corrected chi connectivity index (χ2v) is 6.86. The highest BCUT2D eigenvalue weighted by Crippen LogP contribution is 2.31. The molecule has 1 aliphatic carbocycles. The molecular weight excluding hydrogens is 303 g/mol. The number of aromatic nitrogens is 2. The second-order valence-electron chi connectivity index (χ2n) is 6.86. The molecule has 1 aliphatic heterocycles. The maximum absolute atomic E-state index is 14.0. The average Bonchev–Trinajstić information content (AvgIpc) is 3.17. The molecule has 1 aromatic carbocycles. The molecule has 2 heterocycles. The van der Waals surface area contributed by atoms with Crippen molar-refractivity contribution in [3.8, 4) is 0 Å². The topological polar surface area (TPSA) is 41.0 Å². The highest BCUT2D eigenvalue weighted by atomic mass is 19.1. The summed E-state index contributed by atoms with van der Waals surface area (Å²) in [5.41, 5.74) is 3.90. The minimum absolute atomic E-state index is 0.230. The van der Waals surface area contributed by atoms with E-state index in [2.05, 4.69) is 44.5 Å². The van der Waals surface area contributed by atoms with Crippen LogP contribution in [0.1, 0.15) is 35.6 Å². The Morgan fingerprint density at radius 1 is 1.21 bits per heavy atom. The van der Waals surface area contributed by atoms with E-state index < -0.39 is 6.17 Å². The van der Waals surface area contributed by atoms with E-state index in [1.54, 1.807) is 0 Å². The van der Waals surface area contributed by atoms with E-state index in [4.69, 9.17) is 0 Å². The summed E-state index contributed by atoms with van der Waals surface area (Å²) in [6.45, 7) is 2.05. The Morgan fingerprint density at radius 2 is 2.04 bits per heavy atom. The van der Waals surface area contributed by atoms with Gasteiger partial charge in [-0.05, 0) is 30.4 Å². The van der Waals surface area contributed by atoms with Crippen molar-refractivity contribution in [1.29, 1.82) is 0 Å². The maximum atomic E-state index is 14.0. The second kappa shape index (κ2) is 6.95. The minimum Gasteiger partial charge on any atom is -0.308 e. The van der Waals surface area contributed by atoms with Gasteiger partial charge in [0.05, 0.1) is 0 Å². The van der Waals surface area contributed by atoms with Gasteiger partial charge in [0, 0.05) is 49.7 Å². The van der Waals surface area contributed by atoms with E-state index >= 15 is 0 Å². The summed E-state index contributed by atoms with van der Waals surface area (Å²) in [7, 11) is 0. The predicted molar refractivity (Wildman–Crippen MR) is 91.2 cm³/mol. The van der Waals surface area contributed by atoms with Gasteiger partial charge in [-0.3, -0.25) is 4.90 Å². The van der Waals surface area contributed by atoms with Crippen LogP contribution in [0.2, 0.25) is 0 Å². The zero-order valence-corrected chi connectivity index (χ0v) is 13.7. The lowest BCUT2D eigenvalue weighted by atomic mass is 10.1. The number of likely N-dealkylation sites (tertiary alicyclic amines) is 1. The van der Waals surface area contributed by atoms with Gasteiger partial charge in [0.1, 0.15) is 12.5 Å². The first-order valence-electron chi connectivity index (χ1n) is 8.73. The van der Waals surface area contributed by atoms with Crippen molar-refractivity contribution in [3.05, 3.63) is 59.7 Å². The lowest BCUT2D eigenvalue weighted by molar-refractivity contribution is 0.225. The number of nitrogens with zero attached hydrogens (tertiary/aromatic N) is 3. The van der Waals surface area contributed by atoms with Gasteiger partial charge < -0.3 is 5.32 Å². The number of aryl methyl sites for hydroxylation is 1. The summed E-state index contributed by atoms with van der Waals surface area (Å²) in [4.78, 5) is 10.3. The number of rotatable bonds is 5. The zero-order valence-electron chi connectivity index (χ0n) is 13.7. The first kappa shape index (κ1) is 15.7. The fraction of sp³-hybridized carbons (Fsp3) is 0.474. The Morgan fingerprint density at radius 3 is 2.92 bits per heavy atom. The highest BCUT2D eigenvalue weighted by Gasteiger charge is 2.33. The van der Waals surface area contributed by atoms with E-state index in [0.717, 1.165) is 31.5 Å². The Bertz CT molecular complexity index is 678.